The summed E-state index contributed by atoms with van der Waals surface area (Å²) < 4.78 is 0. The summed E-state index contributed by atoms with van der Waals surface area (Å²) in [5.41, 5.74) is 2.30. The normalized spacial score (nSPS) is 19.4. The maximum atomic E-state index is 10.9. The molecule has 1 aliphatic carbocycles. The van der Waals surface area contributed by atoms with E-state index in [4.69, 9.17) is 10.2 Å². The van der Waals surface area contributed by atoms with E-state index in [1.54, 1.807) is 12.1 Å². The predicted octanol–water partition coefficient (Wildman–Crippen LogP) is 1.41. The fourth-order valence-electron chi connectivity index (χ4n) is 2.13. The molecule has 1 unspecified atom stereocenters. The van der Waals surface area contributed by atoms with E-state index in [1.165, 1.54) is 0 Å². The number of carboxylic acids is 1. The first-order chi connectivity index (χ1) is 6.74. The monoisotopic (exact) mass is 192 g/mol. The second kappa shape index (κ2) is 3.42. The van der Waals surface area contributed by atoms with Crippen molar-refractivity contribution in [2.24, 2.45) is 0 Å². The van der Waals surface area contributed by atoms with Crippen LogP contribution in [0.15, 0.2) is 18.2 Å². The second-order valence-electron chi connectivity index (χ2n) is 3.60. The number of rotatable bonds is 2. The second-order valence-corrected chi connectivity index (χ2v) is 3.60. The molecule has 0 bridgehead atoms. The molecule has 0 aliphatic heterocycles. The highest BCUT2D eigenvalue weighted by Crippen LogP contribution is 2.34. The van der Waals surface area contributed by atoms with Crippen molar-refractivity contribution in [1.29, 1.82) is 0 Å². The molecule has 1 aliphatic rings. The lowest BCUT2D eigenvalue weighted by Gasteiger charge is -2.07. The molecule has 74 valence electrons. The Morgan fingerprint density at radius 3 is 2.93 bits per heavy atom. The van der Waals surface area contributed by atoms with Gasteiger partial charge in [-0.15, -0.1) is 0 Å². The zero-order chi connectivity index (χ0) is 10.1. The number of benzene rings is 1. The van der Waals surface area contributed by atoms with Gasteiger partial charge < -0.3 is 10.2 Å². The van der Waals surface area contributed by atoms with Gasteiger partial charge in [-0.2, -0.15) is 0 Å². The molecule has 3 nitrogen and oxygen atoms in total. The Bertz CT molecular complexity index is 371. The molecule has 0 heterocycles. The molecule has 1 aromatic rings. The summed E-state index contributed by atoms with van der Waals surface area (Å²) in [6.45, 7) is 0.107. The Hall–Kier alpha value is -1.35. The number of aliphatic hydroxyl groups excluding tert-OH is 1. The average Bonchev–Trinajstić information content (AvgIpc) is 2.59. The van der Waals surface area contributed by atoms with Gasteiger partial charge in [-0.1, -0.05) is 12.1 Å². The van der Waals surface area contributed by atoms with Crippen LogP contribution in [0, 0.1) is 0 Å². The number of hydrogen-bond acceptors (Lipinski definition) is 2. The molecule has 1 atom stereocenters. The van der Waals surface area contributed by atoms with Crippen LogP contribution in [0.1, 0.15) is 33.8 Å². The van der Waals surface area contributed by atoms with Crippen LogP contribution in [0.3, 0.4) is 0 Å². The van der Waals surface area contributed by atoms with Crippen LogP contribution in [-0.2, 0) is 6.42 Å². The largest absolute Gasteiger partial charge is 0.478 e. The minimum absolute atomic E-state index is 0.107. The predicted molar refractivity (Wildman–Crippen MR) is 51.5 cm³/mol. The van der Waals surface area contributed by atoms with E-state index in [2.05, 4.69) is 0 Å². The summed E-state index contributed by atoms with van der Waals surface area (Å²) in [7, 11) is 0. The van der Waals surface area contributed by atoms with Crippen molar-refractivity contribution in [1.82, 2.24) is 0 Å². The maximum absolute atomic E-state index is 10.9. The van der Waals surface area contributed by atoms with Crippen LogP contribution >= 0.6 is 0 Å². The topological polar surface area (TPSA) is 57.5 Å². The summed E-state index contributed by atoms with van der Waals surface area (Å²) in [6.07, 6.45) is 1.62. The quantitative estimate of drug-likeness (QED) is 0.744. The molecule has 0 saturated carbocycles. The van der Waals surface area contributed by atoms with Gasteiger partial charge in [-0.3, -0.25) is 0 Å². The van der Waals surface area contributed by atoms with Gasteiger partial charge in [0.1, 0.15) is 0 Å². The minimum Gasteiger partial charge on any atom is -0.478 e. The molecule has 0 saturated heterocycles. The Labute approximate surface area is 82.0 Å². The first-order valence-electron chi connectivity index (χ1n) is 4.70. The van der Waals surface area contributed by atoms with E-state index < -0.39 is 5.97 Å². The zero-order valence-corrected chi connectivity index (χ0v) is 7.73. The summed E-state index contributed by atoms with van der Waals surface area (Å²) in [5, 5.41) is 18.0. The number of carboxylic acid groups (broad SMARTS) is 1. The van der Waals surface area contributed by atoms with Gasteiger partial charge in [0.15, 0.2) is 0 Å². The van der Waals surface area contributed by atoms with Crippen LogP contribution in [0.4, 0.5) is 0 Å². The molecule has 0 amide bonds. The Morgan fingerprint density at radius 2 is 2.29 bits per heavy atom. The average molecular weight is 192 g/mol. The van der Waals surface area contributed by atoms with Crippen molar-refractivity contribution in [2.75, 3.05) is 6.61 Å². The fraction of sp³-hybridized carbons (Fsp3) is 0.364. The third kappa shape index (κ3) is 1.30. The highest BCUT2D eigenvalue weighted by molar-refractivity contribution is 5.90. The van der Waals surface area contributed by atoms with Gasteiger partial charge >= 0.3 is 5.97 Å². The molecular weight excluding hydrogens is 180 g/mol. The lowest BCUT2D eigenvalue weighted by Crippen LogP contribution is -2.03. The smallest absolute Gasteiger partial charge is 0.335 e. The molecule has 14 heavy (non-hydrogen) atoms. The van der Waals surface area contributed by atoms with Crippen LogP contribution in [0.5, 0.6) is 0 Å². The molecule has 0 spiro atoms. The molecule has 0 radical (unpaired) electrons. The fourth-order valence-corrected chi connectivity index (χ4v) is 2.13. The van der Waals surface area contributed by atoms with E-state index >= 15 is 0 Å². The van der Waals surface area contributed by atoms with E-state index in [9.17, 15) is 4.79 Å². The molecule has 3 heteroatoms. The lowest BCUT2D eigenvalue weighted by molar-refractivity contribution is 0.0696. The van der Waals surface area contributed by atoms with E-state index in [0.29, 0.717) is 5.56 Å². The summed E-state index contributed by atoms with van der Waals surface area (Å²) in [6, 6.07) is 5.28. The summed E-state index contributed by atoms with van der Waals surface area (Å²) in [4.78, 5) is 10.9. The Kier molecular flexibility index (Phi) is 2.25. The first-order valence-corrected chi connectivity index (χ1v) is 4.70. The van der Waals surface area contributed by atoms with Crippen molar-refractivity contribution in [2.45, 2.75) is 18.8 Å². The standard InChI is InChI=1S/C11H12O3/c12-6-7-4-5-9-8(7)2-1-3-10(9)11(13)14/h1-3,7,12H,4-6H2,(H,13,14). The molecular formula is C11H12O3. The van der Waals surface area contributed by atoms with E-state index in [0.717, 1.165) is 24.0 Å². The molecule has 1 aromatic carbocycles. The zero-order valence-electron chi connectivity index (χ0n) is 7.73. The van der Waals surface area contributed by atoms with Crippen LogP contribution in [0.25, 0.3) is 0 Å². The third-order valence-corrected chi connectivity index (χ3v) is 2.85. The SMILES string of the molecule is O=C(O)c1cccc2c1CCC2CO. The van der Waals surface area contributed by atoms with Gasteiger partial charge in [0, 0.05) is 12.5 Å². The van der Waals surface area contributed by atoms with Gasteiger partial charge in [0.2, 0.25) is 0 Å². The molecule has 2 N–H and O–H groups in total. The van der Waals surface area contributed by atoms with Crippen molar-refractivity contribution >= 4 is 5.97 Å². The highest BCUT2D eigenvalue weighted by atomic mass is 16.4. The van der Waals surface area contributed by atoms with Crippen molar-refractivity contribution in [3.8, 4) is 0 Å². The third-order valence-electron chi connectivity index (χ3n) is 2.85. The van der Waals surface area contributed by atoms with Gasteiger partial charge in [0.05, 0.1) is 5.56 Å². The van der Waals surface area contributed by atoms with Crippen LogP contribution in [-0.4, -0.2) is 22.8 Å². The number of aliphatic hydroxyl groups is 1. The first kappa shape index (κ1) is 9.21. The maximum Gasteiger partial charge on any atom is 0.335 e. The minimum atomic E-state index is -0.875. The number of aromatic carboxylic acids is 1. The Morgan fingerprint density at radius 1 is 1.50 bits per heavy atom. The molecule has 0 aromatic heterocycles. The van der Waals surface area contributed by atoms with E-state index in [1.807, 2.05) is 6.07 Å². The van der Waals surface area contributed by atoms with Gasteiger partial charge in [-0.25, -0.2) is 4.79 Å². The lowest BCUT2D eigenvalue weighted by atomic mass is 9.99. The molecule has 0 fully saturated rings. The van der Waals surface area contributed by atoms with Gasteiger partial charge in [0.25, 0.3) is 0 Å². The van der Waals surface area contributed by atoms with Gasteiger partial charge in [-0.05, 0) is 30.0 Å². The van der Waals surface area contributed by atoms with Crippen molar-refractivity contribution in [3.63, 3.8) is 0 Å². The number of fused-ring (bicyclic) bond motifs is 1. The van der Waals surface area contributed by atoms with Crippen molar-refractivity contribution < 1.29 is 15.0 Å². The number of carbonyl (C=O) groups is 1. The Balaban J connectivity index is 2.49. The highest BCUT2D eigenvalue weighted by Gasteiger charge is 2.25. The van der Waals surface area contributed by atoms with E-state index in [-0.39, 0.29) is 12.5 Å². The number of hydrogen-bond donors (Lipinski definition) is 2. The van der Waals surface area contributed by atoms with Crippen LogP contribution < -0.4 is 0 Å². The van der Waals surface area contributed by atoms with Crippen molar-refractivity contribution in [3.05, 3.63) is 34.9 Å². The summed E-state index contributed by atoms with van der Waals surface area (Å²) in [5.74, 6) is -0.746. The summed E-state index contributed by atoms with van der Waals surface area (Å²) >= 11 is 0. The molecule has 2 rings (SSSR count). The van der Waals surface area contributed by atoms with Crippen LogP contribution in [0.2, 0.25) is 0 Å².